The average Bonchev–Trinajstić information content (AvgIpc) is 3.20. The maximum Gasteiger partial charge on any atom is 0.309 e. The molecule has 198 valence electrons. The molecule has 1 aromatic rings. The lowest BCUT2D eigenvalue weighted by Gasteiger charge is -2.35. The minimum Gasteiger partial charge on any atom is -0.458 e. The second-order valence-electron chi connectivity index (χ2n) is 10.5. The van der Waals surface area contributed by atoms with E-state index in [1.165, 1.54) is 11.3 Å². The third-order valence-electron chi connectivity index (χ3n) is 7.15. The summed E-state index contributed by atoms with van der Waals surface area (Å²) in [5, 5.41) is 35.2. The first-order valence-electron chi connectivity index (χ1n) is 12.3. The highest BCUT2D eigenvalue weighted by Crippen LogP contribution is 2.33. The number of hydrogen-bond acceptors (Lipinski definition) is 8. The predicted molar refractivity (Wildman–Crippen MR) is 146 cm³/mol. The molecule has 0 radical (unpaired) electrons. The summed E-state index contributed by atoms with van der Waals surface area (Å²) in [6.45, 7) is 10.6. The number of alkyl halides is 1. The molecule has 1 fully saturated rings. The van der Waals surface area contributed by atoms with Crippen LogP contribution in [-0.4, -0.2) is 60.4 Å². The first-order valence-corrected chi connectivity index (χ1v) is 14.4. The minimum atomic E-state index is -1.26. The fraction of sp³-hybridized carbons (Fsp3) is 0.731. The SMILES string of the molecule is CC(=Cc1csc(C)n1)[C@@H]1CC(I)[C@H](O)CCC[C@H](C)[C@H](O)[C@@H](C)C(=O)C(C)(C)[C@@H](O)CC(=O)O1. The Morgan fingerprint density at radius 2 is 1.89 bits per heavy atom. The number of esters is 1. The Morgan fingerprint density at radius 3 is 2.49 bits per heavy atom. The van der Waals surface area contributed by atoms with E-state index in [2.05, 4.69) is 27.6 Å². The van der Waals surface area contributed by atoms with Gasteiger partial charge in [-0.1, -0.05) is 56.7 Å². The molecule has 0 amide bonds. The van der Waals surface area contributed by atoms with Crippen LogP contribution in [0.5, 0.6) is 0 Å². The Kier molecular flexibility index (Phi) is 11.3. The van der Waals surface area contributed by atoms with Gasteiger partial charge >= 0.3 is 5.97 Å². The second-order valence-corrected chi connectivity index (χ2v) is 13.1. The molecule has 2 heterocycles. The number of ether oxygens (including phenoxy) is 1. The molecule has 0 bridgehead atoms. The summed E-state index contributed by atoms with van der Waals surface area (Å²) < 4.78 is 5.64. The summed E-state index contributed by atoms with van der Waals surface area (Å²) in [4.78, 5) is 30.5. The number of Topliss-reactive ketones (excluding diaryl/α,β-unsaturated/α-hetero) is 1. The Morgan fingerprint density at radius 1 is 1.23 bits per heavy atom. The first-order chi connectivity index (χ1) is 16.2. The van der Waals surface area contributed by atoms with Crippen LogP contribution in [-0.2, 0) is 14.3 Å². The van der Waals surface area contributed by atoms with Crippen molar-refractivity contribution in [3.05, 3.63) is 21.7 Å². The van der Waals surface area contributed by atoms with Crippen molar-refractivity contribution < 1.29 is 29.6 Å². The largest absolute Gasteiger partial charge is 0.458 e. The second kappa shape index (κ2) is 13.1. The summed E-state index contributed by atoms with van der Waals surface area (Å²) in [6.07, 6.45) is 0.534. The molecule has 2 rings (SSSR count). The van der Waals surface area contributed by atoms with Crippen LogP contribution in [0.3, 0.4) is 0 Å². The van der Waals surface area contributed by atoms with Gasteiger partial charge in [0.25, 0.3) is 0 Å². The molecule has 1 unspecified atom stereocenters. The van der Waals surface area contributed by atoms with E-state index in [4.69, 9.17) is 4.74 Å². The molecule has 1 aromatic heterocycles. The molecule has 1 aliphatic heterocycles. The molecule has 7 atom stereocenters. The lowest BCUT2D eigenvalue weighted by molar-refractivity contribution is -0.154. The zero-order valence-electron chi connectivity index (χ0n) is 21.5. The number of aliphatic hydroxyl groups excluding tert-OH is 3. The van der Waals surface area contributed by atoms with Gasteiger partial charge in [0.15, 0.2) is 0 Å². The van der Waals surface area contributed by atoms with Crippen molar-refractivity contribution in [3.8, 4) is 0 Å². The number of nitrogens with zero attached hydrogens (tertiary/aromatic N) is 1. The monoisotopic (exact) mass is 621 g/mol. The molecule has 3 N–H and O–H groups in total. The lowest BCUT2D eigenvalue weighted by Crippen LogP contribution is -2.45. The van der Waals surface area contributed by atoms with Crippen molar-refractivity contribution in [1.82, 2.24) is 4.98 Å². The number of aliphatic hydroxyl groups is 3. The first kappa shape index (κ1) is 30.3. The van der Waals surface area contributed by atoms with Crippen LogP contribution in [0.4, 0.5) is 0 Å². The number of carbonyl (C=O) groups is 2. The number of hydrogen-bond donors (Lipinski definition) is 3. The van der Waals surface area contributed by atoms with E-state index >= 15 is 0 Å². The van der Waals surface area contributed by atoms with E-state index in [1.54, 1.807) is 20.8 Å². The third-order valence-corrected chi connectivity index (χ3v) is 9.28. The third kappa shape index (κ3) is 8.31. The van der Waals surface area contributed by atoms with E-state index in [0.29, 0.717) is 25.7 Å². The molecule has 0 saturated carbocycles. The highest BCUT2D eigenvalue weighted by atomic mass is 127. The maximum atomic E-state index is 13.2. The number of rotatable bonds is 2. The van der Waals surface area contributed by atoms with Gasteiger partial charge in [-0.3, -0.25) is 9.59 Å². The smallest absolute Gasteiger partial charge is 0.309 e. The van der Waals surface area contributed by atoms with E-state index in [9.17, 15) is 24.9 Å². The van der Waals surface area contributed by atoms with Crippen molar-refractivity contribution >= 4 is 51.8 Å². The Hall–Kier alpha value is -0.880. The summed E-state index contributed by atoms with van der Waals surface area (Å²) >= 11 is 3.73. The van der Waals surface area contributed by atoms with Crippen molar-refractivity contribution in [2.75, 3.05) is 0 Å². The molecule has 35 heavy (non-hydrogen) atoms. The van der Waals surface area contributed by atoms with Gasteiger partial charge in [0.05, 0.1) is 40.8 Å². The zero-order chi connectivity index (χ0) is 26.5. The van der Waals surface area contributed by atoms with Crippen molar-refractivity contribution in [3.63, 3.8) is 0 Å². The molecule has 0 spiro atoms. The number of thiazole rings is 1. The van der Waals surface area contributed by atoms with E-state index in [-0.39, 0.29) is 22.0 Å². The van der Waals surface area contributed by atoms with Crippen LogP contribution >= 0.6 is 33.9 Å². The standard InChI is InChI=1S/C26H40INO6S/c1-14-8-7-9-20(29)19(27)11-21(15(2)10-18-13-35-17(4)28-18)34-23(31)12-22(30)26(5,6)25(33)16(3)24(14)32/h10,13-14,16,19-22,24,29-30,32H,7-9,11-12H2,1-6H3/t14-,16+,19?,20+,21-,22-,24-/m0/s1. The molecule has 0 aromatic carbocycles. The van der Waals surface area contributed by atoms with E-state index < -0.39 is 41.7 Å². The summed E-state index contributed by atoms with van der Waals surface area (Å²) in [6, 6.07) is 0. The van der Waals surface area contributed by atoms with E-state index in [1.807, 2.05) is 32.2 Å². The molecule has 0 aliphatic carbocycles. The molecule has 9 heteroatoms. The fourth-order valence-electron chi connectivity index (χ4n) is 4.48. The number of cyclic esters (lactones) is 1. The highest BCUT2D eigenvalue weighted by Gasteiger charge is 2.42. The van der Waals surface area contributed by atoms with Gasteiger partial charge in [-0.05, 0) is 44.3 Å². The van der Waals surface area contributed by atoms with Gasteiger partial charge in [-0.15, -0.1) is 11.3 Å². The summed E-state index contributed by atoms with van der Waals surface area (Å²) in [5.41, 5.74) is 0.359. The number of aryl methyl sites for hydroxylation is 1. The fourth-order valence-corrected chi connectivity index (χ4v) is 5.87. The van der Waals surface area contributed by atoms with Crippen molar-refractivity contribution in [2.45, 2.75) is 102 Å². The van der Waals surface area contributed by atoms with Crippen LogP contribution in [0, 0.1) is 24.2 Å². The topological polar surface area (TPSA) is 117 Å². The van der Waals surface area contributed by atoms with Gasteiger partial charge in [-0.2, -0.15) is 0 Å². The Balaban J connectivity index is 2.33. The minimum absolute atomic E-state index is 0.140. The van der Waals surface area contributed by atoms with Gasteiger partial charge in [-0.25, -0.2) is 4.98 Å². The molecular formula is C26H40INO6S. The lowest BCUT2D eigenvalue weighted by atomic mass is 9.73. The van der Waals surface area contributed by atoms with Crippen molar-refractivity contribution in [1.29, 1.82) is 0 Å². The number of ketones is 1. The van der Waals surface area contributed by atoms with E-state index in [0.717, 1.165) is 16.3 Å². The highest BCUT2D eigenvalue weighted by molar-refractivity contribution is 14.1. The van der Waals surface area contributed by atoms with Gasteiger partial charge < -0.3 is 20.1 Å². The summed E-state index contributed by atoms with van der Waals surface area (Å²) in [5.74, 6) is -1.74. The number of halogens is 1. The van der Waals surface area contributed by atoms with Gasteiger partial charge in [0.2, 0.25) is 0 Å². The summed E-state index contributed by atoms with van der Waals surface area (Å²) in [7, 11) is 0. The van der Waals surface area contributed by atoms with Crippen molar-refractivity contribution in [2.24, 2.45) is 17.3 Å². The van der Waals surface area contributed by atoms with Crippen LogP contribution in [0.1, 0.15) is 77.4 Å². The molecular weight excluding hydrogens is 581 g/mol. The zero-order valence-corrected chi connectivity index (χ0v) is 24.5. The van der Waals surface area contributed by atoms with Gasteiger partial charge in [0, 0.05) is 21.6 Å². The Labute approximate surface area is 226 Å². The maximum absolute atomic E-state index is 13.2. The quantitative estimate of drug-likeness (QED) is 0.253. The van der Waals surface area contributed by atoms with Crippen LogP contribution < -0.4 is 0 Å². The van der Waals surface area contributed by atoms with Crippen LogP contribution in [0.25, 0.3) is 6.08 Å². The number of carbonyl (C=O) groups excluding carboxylic acids is 2. The predicted octanol–water partition coefficient (Wildman–Crippen LogP) is 4.48. The average molecular weight is 622 g/mol. The molecule has 7 nitrogen and oxygen atoms in total. The van der Waals surface area contributed by atoms with Crippen LogP contribution in [0.2, 0.25) is 0 Å². The number of aromatic nitrogens is 1. The van der Waals surface area contributed by atoms with Crippen LogP contribution in [0.15, 0.2) is 11.0 Å². The van der Waals surface area contributed by atoms with Gasteiger partial charge in [0.1, 0.15) is 11.9 Å². The molecule has 1 saturated heterocycles. The normalized spacial score (nSPS) is 34.5. The Bertz CT molecular complexity index is 900. The molecule has 1 aliphatic rings.